The van der Waals surface area contributed by atoms with Crippen molar-refractivity contribution in [2.24, 2.45) is 0 Å². The smallest absolute Gasteiger partial charge is 0.281 e. The summed E-state index contributed by atoms with van der Waals surface area (Å²) in [7, 11) is 1.77. The number of hydrogen-bond acceptors (Lipinski definition) is 3. The average molecular weight is 418 g/mol. The Kier molecular flexibility index (Phi) is 5.59. The lowest BCUT2D eigenvalue weighted by molar-refractivity contribution is -0.114. The number of halogens is 1. The molecule has 3 aromatic rings. The highest BCUT2D eigenvalue weighted by molar-refractivity contribution is 7.80. The van der Waals surface area contributed by atoms with E-state index in [4.69, 9.17) is 17.0 Å². The first-order chi connectivity index (χ1) is 14.5. The molecule has 6 heteroatoms. The van der Waals surface area contributed by atoms with Gasteiger partial charge in [0.1, 0.15) is 23.9 Å². The van der Waals surface area contributed by atoms with Crippen molar-refractivity contribution < 1.29 is 13.9 Å². The van der Waals surface area contributed by atoms with Gasteiger partial charge in [-0.25, -0.2) is 4.39 Å². The fourth-order valence-electron chi connectivity index (χ4n) is 3.18. The van der Waals surface area contributed by atoms with Crippen molar-refractivity contribution >= 4 is 35.0 Å². The van der Waals surface area contributed by atoms with Gasteiger partial charge in [0, 0.05) is 12.6 Å². The summed E-state index contributed by atoms with van der Waals surface area (Å²) in [5.74, 6) is 0.146. The van der Waals surface area contributed by atoms with Gasteiger partial charge >= 0.3 is 0 Å². The summed E-state index contributed by atoms with van der Waals surface area (Å²) in [6.07, 6.45) is 1.78. The van der Waals surface area contributed by atoms with Crippen molar-refractivity contribution in [1.29, 1.82) is 0 Å². The molecule has 0 spiro atoms. The summed E-state index contributed by atoms with van der Waals surface area (Å²) in [6, 6.07) is 22.9. The van der Waals surface area contributed by atoms with Crippen molar-refractivity contribution in [2.75, 3.05) is 11.9 Å². The van der Waals surface area contributed by atoms with Gasteiger partial charge in [0.05, 0.1) is 5.69 Å². The first-order valence-electron chi connectivity index (χ1n) is 9.40. The maximum Gasteiger partial charge on any atom is 0.281 e. The van der Waals surface area contributed by atoms with Crippen LogP contribution in [-0.4, -0.2) is 23.0 Å². The highest BCUT2D eigenvalue weighted by Gasteiger charge is 2.36. The molecule has 0 radical (unpaired) electrons. The number of carbonyl (C=O) groups is 1. The molecule has 0 bridgehead atoms. The molecule has 0 N–H and O–H groups in total. The van der Waals surface area contributed by atoms with E-state index in [2.05, 4.69) is 0 Å². The molecular weight excluding hydrogens is 399 g/mol. The van der Waals surface area contributed by atoms with Crippen LogP contribution < -0.4 is 9.64 Å². The molecular formula is C24H19FN2O2S. The predicted molar refractivity (Wildman–Crippen MR) is 119 cm³/mol. The first-order valence-corrected chi connectivity index (χ1v) is 9.80. The van der Waals surface area contributed by atoms with E-state index in [0.717, 1.165) is 16.8 Å². The second-order valence-electron chi connectivity index (χ2n) is 6.80. The first kappa shape index (κ1) is 19.8. The van der Waals surface area contributed by atoms with Gasteiger partial charge in [-0.2, -0.15) is 0 Å². The van der Waals surface area contributed by atoms with Gasteiger partial charge in [0.2, 0.25) is 0 Å². The van der Waals surface area contributed by atoms with Gasteiger partial charge < -0.3 is 9.64 Å². The third-order valence-corrected chi connectivity index (χ3v) is 5.25. The largest absolute Gasteiger partial charge is 0.488 e. The second kappa shape index (κ2) is 8.47. The molecule has 4 nitrogen and oxygen atoms in total. The van der Waals surface area contributed by atoms with Crippen molar-refractivity contribution in [1.82, 2.24) is 4.90 Å². The zero-order chi connectivity index (χ0) is 21.1. The van der Waals surface area contributed by atoms with Crippen molar-refractivity contribution in [3.05, 3.63) is 102 Å². The number of amides is 1. The van der Waals surface area contributed by atoms with E-state index < -0.39 is 0 Å². The predicted octanol–water partition coefficient (Wildman–Crippen LogP) is 5.01. The number of benzene rings is 3. The van der Waals surface area contributed by atoms with Crippen LogP contribution in [0.3, 0.4) is 0 Å². The second-order valence-corrected chi connectivity index (χ2v) is 7.17. The van der Waals surface area contributed by atoms with Crippen LogP contribution in [0.2, 0.25) is 0 Å². The minimum atomic E-state index is -0.286. The highest BCUT2D eigenvalue weighted by atomic mass is 32.1. The molecule has 150 valence electrons. The van der Waals surface area contributed by atoms with Crippen molar-refractivity contribution in [3.63, 3.8) is 0 Å². The average Bonchev–Trinajstić information content (AvgIpc) is 2.98. The van der Waals surface area contributed by atoms with Gasteiger partial charge in [-0.3, -0.25) is 9.69 Å². The number of anilines is 1. The van der Waals surface area contributed by atoms with Crippen LogP contribution in [-0.2, 0) is 11.4 Å². The Morgan fingerprint density at radius 1 is 0.967 bits per heavy atom. The standard InChI is InChI=1S/C24H19FN2O2S/c1-26-21(23(28)27(24(26)30)20-8-3-2-4-9-20)15-18-7-5-6-10-22(18)29-16-17-11-13-19(25)14-12-17/h2-15H,16H2,1H3/b21-15-. The molecule has 0 aliphatic carbocycles. The molecule has 0 aromatic heterocycles. The topological polar surface area (TPSA) is 32.8 Å². The summed E-state index contributed by atoms with van der Waals surface area (Å²) >= 11 is 5.50. The minimum absolute atomic E-state index is 0.193. The van der Waals surface area contributed by atoms with E-state index in [9.17, 15) is 9.18 Å². The number of para-hydroxylation sites is 2. The van der Waals surface area contributed by atoms with E-state index in [1.807, 2.05) is 54.6 Å². The minimum Gasteiger partial charge on any atom is -0.488 e. The molecule has 0 atom stereocenters. The normalized spacial score (nSPS) is 15.2. The monoisotopic (exact) mass is 418 g/mol. The number of hydrogen-bond donors (Lipinski definition) is 0. The summed E-state index contributed by atoms with van der Waals surface area (Å²) in [6.45, 7) is 0.290. The van der Waals surface area contributed by atoms with Crippen LogP contribution in [0.15, 0.2) is 84.6 Å². The molecule has 4 rings (SSSR count). The van der Waals surface area contributed by atoms with E-state index >= 15 is 0 Å². The Morgan fingerprint density at radius 3 is 2.37 bits per heavy atom. The maximum atomic E-state index is 13.1. The number of thiocarbonyl (C=S) groups is 1. The van der Waals surface area contributed by atoms with E-state index in [-0.39, 0.29) is 11.7 Å². The van der Waals surface area contributed by atoms with Crippen LogP contribution in [0.5, 0.6) is 5.75 Å². The quantitative estimate of drug-likeness (QED) is 0.431. The van der Waals surface area contributed by atoms with Crippen LogP contribution in [0.1, 0.15) is 11.1 Å². The summed E-state index contributed by atoms with van der Waals surface area (Å²) in [4.78, 5) is 16.3. The molecule has 30 heavy (non-hydrogen) atoms. The lowest BCUT2D eigenvalue weighted by atomic mass is 10.1. The van der Waals surface area contributed by atoms with Gasteiger partial charge in [0.25, 0.3) is 5.91 Å². The van der Waals surface area contributed by atoms with E-state index in [0.29, 0.717) is 23.2 Å². The molecule has 1 amide bonds. The Balaban J connectivity index is 1.61. The van der Waals surface area contributed by atoms with Crippen LogP contribution in [0.25, 0.3) is 6.08 Å². The zero-order valence-corrected chi connectivity index (χ0v) is 17.1. The molecule has 1 fully saturated rings. The SMILES string of the molecule is CN1C(=S)N(c2ccccc2)C(=O)/C1=C/c1ccccc1OCc1ccc(F)cc1. The van der Waals surface area contributed by atoms with Gasteiger partial charge in [-0.15, -0.1) is 0 Å². The van der Waals surface area contributed by atoms with Crippen molar-refractivity contribution in [3.8, 4) is 5.75 Å². The Morgan fingerprint density at radius 2 is 1.63 bits per heavy atom. The number of carbonyl (C=O) groups excluding carboxylic acids is 1. The molecule has 1 aliphatic rings. The Hall–Kier alpha value is -3.51. The third-order valence-electron chi connectivity index (χ3n) is 4.80. The zero-order valence-electron chi connectivity index (χ0n) is 16.3. The maximum absolute atomic E-state index is 13.1. The lowest BCUT2D eigenvalue weighted by Crippen LogP contribution is -2.30. The van der Waals surface area contributed by atoms with Gasteiger partial charge in [0.15, 0.2) is 5.11 Å². The highest BCUT2D eigenvalue weighted by Crippen LogP contribution is 2.30. The lowest BCUT2D eigenvalue weighted by Gasteiger charge is -2.16. The van der Waals surface area contributed by atoms with Gasteiger partial charge in [-0.05, 0) is 54.2 Å². The number of nitrogens with zero attached hydrogens (tertiary/aromatic N) is 2. The summed E-state index contributed by atoms with van der Waals surface area (Å²) < 4.78 is 19.0. The summed E-state index contributed by atoms with van der Waals surface area (Å²) in [5, 5.41) is 0.419. The molecule has 1 aliphatic heterocycles. The number of rotatable bonds is 5. The summed E-state index contributed by atoms with van der Waals surface area (Å²) in [5.41, 5.74) is 2.79. The molecule has 1 saturated heterocycles. The Labute approximate surface area is 179 Å². The van der Waals surface area contributed by atoms with E-state index in [1.165, 1.54) is 17.0 Å². The van der Waals surface area contributed by atoms with Crippen LogP contribution in [0.4, 0.5) is 10.1 Å². The number of likely N-dealkylation sites (N-methyl/N-ethyl adjacent to an activating group) is 1. The Bertz CT molecular complexity index is 1110. The van der Waals surface area contributed by atoms with Crippen LogP contribution in [0, 0.1) is 5.82 Å². The fraction of sp³-hybridized carbons (Fsp3) is 0.0833. The molecule has 0 unspecified atom stereocenters. The number of ether oxygens (including phenoxy) is 1. The molecule has 1 heterocycles. The van der Waals surface area contributed by atoms with Crippen LogP contribution >= 0.6 is 12.2 Å². The van der Waals surface area contributed by atoms with E-state index in [1.54, 1.807) is 30.2 Å². The fourth-order valence-corrected chi connectivity index (χ4v) is 3.47. The molecule has 3 aromatic carbocycles. The van der Waals surface area contributed by atoms with Crippen molar-refractivity contribution in [2.45, 2.75) is 6.61 Å². The van der Waals surface area contributed by atoms with Gasteiger partial charge in [-0.1, -0.05) is 48.5 Å². The third kappa shape index (κ3) is 3.95. The molecule has 0 saturated carbocycles.